The lowest BCUT2D eigenvalue weighted by molar-refractivity contribution is -0.00585. The third-order valence-electron chi connectivity index (χ3n) is 4.39. The quantitative estimate of drug-likeness (QED) is 0.579. The summed E-state index contributed by atoms with van der Waals surface area (Å²) in [6.07, 6.45) is 6.37. The molecular formula is C12H21F. The Labute approximate surface area is 80.9 Å². The van der Waals surface area contributed by atoms with Gasteiger partial charge in [0.15, 0.2) is 0 Å². The van der Waals surface area contributed by atoms with Crippen LogP contribution in [0.2, 0.25) is 0 Å². The van der Waals surface area contributed by atoms with E-state index in [2.05, 4.69) is 6.92 Å². The summed E-state index contributed by atoms with van der Waals surface area (Å²) in [6.45, 7) is 4.31. The third kappa shape index (κ3) is 1.75. The highest BCUT2D eigenvalue weighted by Crippen LogP contribution is 2.49. The Hall–Kier alpha value is -0.0700. The van der Waals surface area contributed by atoms with Gasteiger partial charge < -0.3 is 0 Å². The first-order valence-corrected chi connectivity index (χ1v) is 5.82. The molecule has 0 N–H and O–H groups in total. The van der Waals surface area contributed by atoms with Gasteiger partial charge in [-0.1, -0.05) is 26.7 Å². The van der Waals surface area contributed by atoms with Crippen LogP contribution in [0.25, 0.3) is 0 Å². The van der Waals surface area contributed by atoms with Crippen molar-refractivity contribution in [3.63, 3.8) is 0 Å². The standard InChI is InChI=1S/C12H21F/c1-3-12(13)7-10-5-4-9(2)11(6-10)8-12/h9-11H,3-8H2,1-2H3. The number of fused-ring (bicyclic) bond motifs is 2. The molecule has 4 unspecified atom stereocenters. The molecule has 2 aliphatic rings. The zero-order chi connectivity index (χ0) is 9.47. The van der Waals surface area contributed by atoms with Crippen LogP contribution in [0.5, 0.6) is 0 Å². The Morgan fingerprint density at radius 1 is 1.31 bits per heavy atom. The van der Waals surface area contributed by atoms with Gasteiger partial charge in [0.05, 0.1) is 0 Å². The molecule has 0 aromatic heterocycles. The molecule has 76 valence electrons. The molecule has 0 nitrogen and oxygen atoms in total. The topological polar surface area (TPSA) is 0 Å². The highest BCUT2D eigenvalue weighted by molar-refractivity contribution is 4.94. The first kappa shape index (κ1) is 9.48. The Morgan fingerprint density at radius 2 is 2.08 bits per heavy atom. The second kappa shape index (κ2) is 3.25. The lowest BCUT2D eigenvalue weighted by atomic mass is 9.62. The molecule has 0 amide bonds. The van der Waals surface area contributed by atoms with Crippen molar-refractivity contribution in [2.24, 2.45) is 17.8 Å². The minimum absolute atomic E-state index is 0.692. The van der Waals surface area contributed by atoms with Crippen molar-refractivity contribution in [2.75, 3.05) is 0 Å². The zero-order valence-corrected chi connectivity index (χ0v) is 8.85. The lowest BCUT2D eigenvalue weighted by Crippen LogP contribution is -2.40. The van der Waals surface area contributed by atoms with Crippen LogP contribution in [0.15, 0.2) is 0 Å². The van der Waals surface area contributed by atoms with Crippen molar-refractivity contribution in [3.05, 3.63) is 0 Å². The second-order valence-electron chi connectivity index (χ2n) is 5.33. The Balaban J connectivity index is 2.08. The van der Waals surface area contributed by atoms with E-state index in [1.165, 1.54) is 19.3 Å². The second-order valence-corrected chi connectivity index (χ2v) is 5.33. The number of rotatable bonds is 1. The highest BCUT2D eigenvalue weighted by atomic mass is 19.1. The number of alkyl halides is 1. The predicted octanol–water partition coefficient (Wildman–Crippen LogP) is 3.95. The molecule has 4 atom stereocenters. The van der Waals surface area contributed by atoms with E-state index in [-0.39, 0.29) is 0 Å². The summed E-state index contributed by atoms with van der Waals surface area (Å²) in [7, 11) is 0. The molecule has 2 fully saturated rings. The third-order valence-corrected chi connectivity index (χ3v) is 4.39. The number of hydrogen-bond acceptors (Lipinski definition) is 0. The van der Waals surface area contributed by atoms with Crippen LogP contribution in [0.1, 0.15) is 52.4 Å². The molecule has 13 heavy (non-hydrogen) atoms. The van der Waals surface area contributed by atoms with Crippen LogP contribution >= 0.6 is 0 Å². The summed E-state index contributed by atoms with van der Waals surface area (Å²) in [6, 6.07) is 0. The van der Waals surface area contributed by atoms with Gasteiger partial charge in [0.25, 0.3) is 0 Å². The van der Waals surface area contributed by atoms with Crippen LogP contribution in [-0.2, 0) is 0 Å². The van der Waals surface area contributed by atoms with Crippen LogP contribution in [-0.4, -0.2) is 5.67 Å². The van der Waals surface area contributed by atoms with Crippen molar-refractivity contribution in [2.45, 2.75) is 58.0 Å². The molecule has 0 aromatic rings. The fourth-order valence-corrected chi connectivity index (χ4v) is 3.34. The van der Waals surface area contributed by atoms with Gasteiger partial charge in [0, 0.05) is 0 Å². The number of halogens is 1. The van der Waals surface area contributed by atoms with Crippen molar-refractivity contribution in [1.29, 1.82) is 0 Å². The summed E-state index contributed by atoms with van der Waals surface area (Å²) in [5, 5.41) is 0. The monoisotopic (exact) mass is 184 g/mol. The van der Waals surface area contributed by atoms with Crippen LogP contribution in [0.4, 0.5) is 4.39 Å². The fourth-order valence-electron chi connectivity index (χ4n) is 3.34. The molecule has 0 aliphatic heterocycles. The van der Waals surface area contributed by atoms with E-state index in [0.29, 0.717) is 11.8 Å². The minimum atomic E-state index is -0.803. The lowest BCUT2D eigenvalue weighted by Gasteiger charge is -2.45. The molecule has 0 spiro atoms. The summed E-state index contributed by atoms with van der Waals surface area (Å²) < 4.78 is 14.2. The van der Waals surface area contributed by atoms with Crippen molar-refractivity contribution < 1.29 is 4.39 Å². The fraction of sp³-hybridized carbons (Fsp3) is 1.00. The minimum Gasteiger partial charge on any atom is -0.244 e. The van der Waals surface area contributed by atoms with E-state index in [9.17, 15) is 4.39 Å². The first-order valence-electron chi connectivity index (χ1n) is 5.82. The maximum atomic E-state index is 14.2. The van der Waals surface area contributed by atoms with Crippen LogP contribution in [0.3, 0.4) is 0 Å². The van der Waals surface area contributed by atoms with E-state index in [1.807, 2.05) is 6.92 Å². The average Bonchev–Trinajstić information content (AvgIpc) is 2.12. The SMILES string of the molecule is CCC1(F)CC2CCC(C)C(C2)C1. The number of hydrogen-bond donors (Lipinski definition) is 0. The van der Waals surface area contributed by atoms with Gasteiger partial charge in [-0.05, 0) is 43.4 Å². The molecule has 2 rings (SSSR count). The van der Waals surface area contributed by atoms with Gasteiger partial charge in [0.1, 0.15) is 5.67 Å². The van der Waals surface area contributed by atoms with Gasteiger partial charge in [-0.15, -0.1) is 0 Å². The highest BCUT2D eigenvalue weighted by Gasteiger charge is 2.43. The van der Waals surface area contributed by atoms with Crippen molar-refractivity contribution in [3.8, 4) is 0 Å². The van der Waals surface area contributed by atoms with Gasteiger partial charge in [0.2, 0.25) is 0 Å². The predicted molar refractivity (Wildman–Crippen MR) is 53.4 cm³/mol. The Morgan fingerprint density at radius 3 is 2.77 bits per heavy atom. The molecular weight excluding hydrogens is 163 g/mol. The normalized spacial score (nSPS) is 50.5. The van der Waals surface area contributed by atoms with Crippen LogP contribution in [0, 0.1) is 17.8 Å². The van der Waals surface area contributed by atoms with Gasteiger partial charge in [-0.3, -0.25) is 0 Å². The largest absolute Gasteiger partial charge is 0.244 e. The van der Waals surface area contributed by atoms with Crippen molar-refractivity contribution >= 4 is 0 Å². The molecule has 2 aliphatic carbocycles. The molecule has 2 saturated carbocycles. The molecule has 0 aromatic carbocycles. The Bertz CT molecular complexity index is 190. The summed E-state index contributed by atoms with van der Waals surface area (Å²) in [5.74, 6) is 2.18. The van der Waals surface area contributed by atoms with E-state index in [4.69, 9.17) is 0 Å². The maximum Gasteiger partial charge on any atom is 0.111 e. The first-order chi connectivity index (χ1) is 6.13. The molecule has 1 heteroatoms. The van der Waals surface area contributed by atoms with Crippen molar-refractivity contribution in [1.82, 2.24) is 0 Å². The molecule has 0 saturated heterocycles. The molecule has 0 heterocycles. The van der Waals surface area contributed by atoms with E-state index < -0.39 is 5.67 Å². The molecule has 0 radical (unpaired) electrons. The van der Waals surface area contributed by atoms with E-state index >= 15 is 0 Å². The van der Waals surface area contributed by atoms with Crippen LogP contribution < -0.4 is 0 Å². The van der Waals surface area contributed by atoms with Gasteiger partial charge >= 0.3 is 0 Å². The average molecular weight is 184 g/mol. The molecule has 2 bridgehead atoms. The van der Waals surface area contributed by atoms with E-state index in [1.54, 1.807) is 0 Å². The summed E-state index contributed by atoms with van der Waals surface area (Å²) in [5.41, 5.74) is -0.803. The smallest absolute Gasteiger partial charge is 0.111 e. The van der Waals surface area contributed by atoms with Gasteiger partial charge in [-0.2, -0.15) is 0 Å². The van der Waals surface area contributed by atoms with Gasteiger partial charge in [-0.25, -0.2) is 4.39 Å². The van der Waals surface area contributed by atoms with E-state index in [0.717, 1.165) is 25.2 Å². The Kier molecular flexibility index (Phi) is 2.37. The zero-order valence-electron chi connectivity index (χ0n) is 8.85. The summed E-state index contributed by atoms with van der Waals surface area (Å²) >= 11 is 0. The maximum absolute atomic E-state index is 14.2. The summed E-state index contributed by atoms with van der Waals surface area (Å²) in [4.78, 5) is 0.